The van der Waals surface area contributed by atoms with Gasteiger partial charge in [-0.05, 0) is 13.8 Å². The minimum Gasteiger partial charge on any atom is -0.480 e. The average Bonchev–Trinajstić information content (AvgIpc) is 2.76. The van der Waals surface area contributed by atoms with Crippen molar-refractivity contribution < 1.29 is 24.4 Å². The van der Waals surface area contributed by atoms with Gasteiger partial charge >= 0.3 is 11.7 Å². The molecule has 0 fully saturated rings. The Bertz CT molecular complexity index is 683. The zero-order valence-electron chi connectivity index (χ0n) is 13.8. The molecule has 0 radical (unpaired) electrons. The van der Waals surface area contributed by atoms with Crippen LogP contribution in [0.2, 0.25) is 0 Å². The number of hydrogen-bond donors (Lipinski definition) is 2. The van der Waals surface area contributed by atoms with Gasteiger partial charge in [0.2, 0.25) is 11.6 Å². The summed E-state index contributed by atoms with van der Waals surface area (Å²) in [5, 5.41) is 26.7. The quantitative estimate of drug-likeness (QED) is 0.510. The molecule has 0 bridgehead atoms. The molecule has 11 heteroatoms. The first kappa shape index (κ1) is 19.1. The Hall–Kier alpha value is -2.98. The molecule has 2 N–H and O–H groups in total. The van der Waals surface area contributed by atoms with E-state index in [-0.39, 0.29) is 30.4 Å². The number of rotatable bonds is 7. The first-order chi connectivity index (χ1) is 11.1. The second-order valence-corrected chi connectivity index (χ2v) is 5.16. The molecular formula is C13H19N5O6. The van der Waals surface area contributed by atoms with E-state index >= 15 is 0 Å². The second kappa shape index (κ2) is 7.53. The zero-order valence-corrected chi connectivity index (χ0v) is 13.8. The molecule has 0 aliphatic heterocycles. The van der Waals surface area contributed by atoms with Crippen LogP contribution in [0.3, 0.4) is 0 Å². The van der Waals surface area contributed by atoms with Gasteiger partial charge in [-0.2, -0.15) is 5.10 Å². The Morgan fingerprint density at radius 1 is 1.46 bits per heavy atom. The number of nitrogens with one attached hydrogen (secondary N) is 1. The van der Waals surface area contributed by atoms with Gasteiger partial charge in [-0.3, -0.25) is 24.4 Å². The zero-order chi connectivity index (χ0) is 18.6. The molecule has 24 heavy (non-hydrogen) atoms. The number of hydrogen-bond acceptors (Lipinski definition) is 6. The normalized spacial score (nSPS) is 11.7. The summed E-state index contributed by atoms with van der Waals surface area (Å²) in [6.45, 7) is 3.85. The topological polar surface area (TPSA) is 148 Å². The predicted octanol–water partition coefficient (Wildman–Crippen LogP) is -0.312. The van der Waals surface area contributed by atoms with Crippen LogP contribution in [-0.2, 0) is 16.6 Å². The Morgan fingerprint density at radius 2 is 2.04 bits per heavy atom. The monoisotopic (exact) mass is 341 g/mol. The molecule has 0 aromatic carbocycles. The van der Waals surface area contributed by atoms with E-state index in [0.717, 1.165) is 9.58 Å². The number of nitro groups is 1. The van der Waals surface area contributed by atoms with Crippen LogP contribution in [0.5, 0.6) is 0 Å². The highest BCUT2D eigenvalue weighted by Gasteiger charge is 2.35. The molecule has 1 rings (SSSR count). The number of aliphatic carboxylic acids is 1. The van der Waals surface area contributed by atoms with E-state index in [1.54, 1.807) is 0 Å². The van der Waals surface area contributed by atoms with Crippen molar-refractivity contribution in [1.82, 2.24) is 20.0 Å². The number of aryl methyl sites for hydroxylation is 2. The molecule has 1 aromatic rings. The standard InChI is InChI=1S/C13H19N5O6/c1-7-10(18(23)24)11(16(4)15-7)12(20)17(8(2)13(21)22)6-5-14-9(3)19/h8H,5-6H2,1-4H3,(H,14,19)(H,21,22). The van der Waals surface area contributed by atoms with Crippen molar-refractivity contribution in [3.8, 4) is 0 Å². The minimum atomic E-state index is -1.27. The highest BCUT2D eigenvalue weighted by Crippen LogP contribution is 2.24. The lowest BCUT2D eigenvalue weighted by Gasteiger charge is -2.26. The van der Waals surface area contributed by atoms with Crippen LogP contribution in [0.1, 0.15) is 30.0 Å². The smallest absolute Gasteiger partial charge is 0.326 e. The molecule has 2 amide bonds. The molecule has 0 saturated carbocycles. The summed E-state index contributed by atoms with van der Waals surface area (Å²) in [6, 6.07) is -1.24. The lowest BCUT2D eigenvalue weighted by molar-refractivity contribution is -0.385. The summed E-state index contributed by atoms with van der Waals surface area (Å²) in [4.78, 5) is 46.3. The van der Waals surface area contributed by atoms with Crippen LogP contribution in [0, 0.1) is 17.0 Å². The Kier molecular flexibility index (Phi) is 5.98. The van der Waals surface area contributed by atoms with Gasteiger partial charge in [0.25, 0.3) is 5.91 Å². The summed E-state index contributed by atoms with van der Waals surface area (Å²) in [5.74, 6) is -2.45. The van der Waals surface area contributed by atoms with Crippen LogP contribution in [-0.4, -0.2) is 61.6 Å². The fraction of sp³-hybridized carbons (Fsp3) is 0.538. The number of carbonyl (C=O) groups excluding carboxylic acids is 2. The highest BCUT2D eigenvalue weighted by atomic mass is 16.6. The van der Waals surface area contributed by atoms with Crippen molar-refractivity contribution in [2.75, 3.05) is 13.1 Å². The van der Waals surface area contributed by atoms with E-state index in [4.69, 9.17) is 0 Å². The SMILES string of the molecule is CC(=O)NCCN(C(=O)c1c([N+](=O)[O-])c(C)nn1C)C(C)C(=O)O. The van der Waals surface area contributed by atoms with Crippen molar-refractivity contribution in [1.29, 1.82) is 0 Å². The largest absolute Gasteiger partial charge is 0.480 e. The van der Waals surface area contributed by atoms with Crippen LogP contribution < -0.4 is 5.32 Å². The van der Waals surface area contributed by atoms with Crippen molar-refractivity contribution in [2.45, 2.75) is 26.8 Å². The van der Waals surface area contributed by atoms with E-state index in [1.807, 2.05) is 0 Å². The molecule has 1 atom stereocenters. The van der Waals surface area contributed by atoms with Gasteiger partial charge in [-0.1, -0.05) is 0 Å². The minimum absolute atomic E-state index is 0.0172. The van der Waals surface area contributed by atoms with Gasteiger partial charge in [0.05, 0.1) is 4.92 Å². The maximum absolute atomic E-state index is 12.7. The van der Waals surface area contributed by atoms with Crippen molar-refractivity contribution in [3.63, 3.8) is 0 Å². The first-order valence-electron chi connectivity index (χ1n) is 7.04. The van der Waals surface area contributed by atoms with E-state index in [2.05, 4.69) is 10.4 Å². The molecule has 1 unspecified atom stereocenters. The van der Waals surface area contributed by atoms with E-state index in [0.29, 0.717) is 0 Å². The number of nitrogens with zero attached hydrogens (tertiary/aromatic N) is 4. The number of carbonyl (C=O) groups is 3. The maximum atomic E-state index is 12.7. The van der Waals surface area contributed by atoms with Crippen LogP contribution in [0.4, 0.5) is 5.69 Å². The van der Waals surface area contributed by atoms with E-state index in [9.17, 15) is 29.6 Å². The number of amides is 2. The average molecular weight is 341 g/mol. The molecule has 11 nitrogen and oxygen atoms in total. The van der Waals surface area contributed by atoms with E-state index < -0.39 is 28.5 Å². The maximum Gasteiger partial charge on any atom is 0.326 e. The van der Waals surface area contributed by atoms with Gasteiger partial charge in [-0.25, -0.2) is 4.79 Å². The summed E-state index contributed by atoms with van der Waals surface area (Å²) >= 11 is 0. The fourth-order valence-corrected chi connectivity index (χ4v) is 2.20. The predicted molar refractivity (Wildman–Crippen MR) is 81.4 cm³/mol. The van der Waals surface area contributed by atoms with Crippen LogP contribution >= 0.6 is 0 Å². The summed E-state index contributed by atoms with van der Waals surface area (Å²) < 4.78 is 1.05. The Labute approximate surface area is 137 Å². The highest BCUT2D eigenvalue weighted by molar-refractivity contribution is 5.98. The lowest BCUT2D eigenvalue weighted by Crippen LogP contribution is -2.47. The van der Waals surface area contributed by atoms with Crippen molar-refractivity contribution >= 4 is 23.5 Å². The molecule has 1 heterocycles. The summed E-state index contributed by atoms with van der Waals surface area (Å²) in [6.07, 6.45) is 0. The van der Waals surface area contributed by atoms with Gasteiger partial charge in [0, 0.05) is 27.1 Å². The first-order valence-corrected chi connectivity index (χ1v) is 7.04. The Balaban J connectivity index is 3.23. The molecule has 0 aliphatic rings. The molecule has 0 saturated heterocycles. The van der Waals surface area contributed by atoms with Gasteiger partial charge in [-0.15, -0.1) is 0 Å². The third kappa shape index (κ3) is 4.06. The van der Waals surface area contributed by atoms with Gasteiger partial charge in [0.15, 0.2) is 0 Å². The second-order valence-electron chi connectivity index (χ2n) is 5.16. The molecule has 1 aromatic heterocycles. The van der Waals surface area contributed by atoms with E-state index in [1.165, 1.54) is 27.8 Å². The van der Waals surface area contributed by atoms with Crippen molar-refractivity contribution in [2.24, 2.45) is 7.05 Å². The van der Waals surface area contributed by atoms with Crippen molar-refractivity contribution in [3.05, 3.63) is 21.5 Å². The number of aromatic nitrogens is 2. The molecule has 132 valence electrons. The molecular weight excluding hydrogens is 322 g/mol. The third-order valence-electron chi connectivity index (χ3n) is 3.39. The fourth-order valence-electron chi connectivity index (χ4n) is 2.20. The summed E-state index contributed by atoms with van der Waals surface area (Å²) in [7, 11) is 1.37. The van der Waals surface area contributed by atoms with Gasteiger partial charge in [0.1, 0.15) is 11.7 Å². The van der Waals surface area contributed by atoms with Crippen LogP contribution in [0.25, 0.3) is 0 Å². The van der Waals surface area contributed by atoms with Crippen LogP contribution in [0.15, 0.2) is 0 Å². The Morgan fingerprint density at radius 3 is 2.50 bits per heavy atom. The number of carboxylic acid groups (broad SMARTS) is 1. The van der Waals surface area contributed by atoms with Gasteiger partial charge < -0.3 is 15.3 Å². The summed E-state index contributed by atoms with van der Waals surface area (Å²) in [5.41, 5.74) is -0.728. The molecule has 0 aliphatic carbocycles. The molecule has 0 spiro atoms. The lowest BCUT2D eigenvalue weighted by atomic mass is 10.2. The third-order valence-corrected chi connectivity index (χ3v) is 3.39. The number of carboxylic acids is 1.